The van der Waals surface area contributed by atoms with Crippen LogP contribution in [0, 0.1) is 0 Å². The van der Waals surface area contributed by atoms with Gasteiger partial charge in [-0.2, -0.15) is 0 Å². The molecule has 1 rings (SSSR count). The minimum atomic E-state index is -0.469. The van der Waals surface area contributed by atoms with Gasteiger partial charge >= 0.3 is 0 Å². The van der Waals surface area contributed by atoms with E-state index in [9.17, 15) is 9.59 Å². The Balaban J connectivity index is 2.54. The average Bonchev–Trinajstić information content (AvgIpc) is 2.27. The van der Waals surface area contributed by atoms with Crippen molar-refractivity contribution in [2.24, 2.45) is 0 Å². The normalized spacial score (nSPS) is 29.4. The average molecular weight is 258 g/mol. The minimum Gasteiger partial charge on any atom is -0.354 e. The fourth-order valence-corrected chi connectivity index (χ4v) is 2.22. The SMILES string of the molecule is CO[C@H]1O[C@H]([C@H](C)NC(C)=O)CC[C@H]1NC(C)=O. The first-order valence-electron chi connectivity index (χ1n) is 6.16. The van der Waals surface area contributed by atoms with Gasteiger partial charge in [0.25, 0.3) is 0 Å². The molecule has 1 aliphatic rings. The van der Waals surface area contributed by atoms with Gasteiger partial charge in [-0.25, -0.2) is 0 Å². The van der Waals surface area contributed by atoms with Gasteiger partial charge < -0.3 is 20.1 Å². The summed E-state index contributed by atoms with van der Waals surface area (Å²) in [5, 5.41) is 5.61. The van der Waals surface area contributed by atoms with Gasteiger partial charge in [0, 0.05) is 21.0 Å². The van der Waals surface area contributed by atoms with Crippen molar-refractivity contribution < 1.29 is 19.1 Å². The smallest absolute Gasteiger partial charge is 0.217 e. The molecule has 0 aromatic carbocycles. The van der Waals surface area contributed by atoms with Crippen molar-refractivity contribution in [2.45, 2.75) is 58.1 Å². The van der Waals surface area contributed by atoms with E-state index in [1.807, 2.05) is 6.92 Å². The monoisotopic (exact) mass is 258 g/mol. The number of methoxy groups -OCH3 is 1. The van der Waals surface area contributed by atoms with Gasteiger partial charge in [0.15, 0.2) is 6.29 Å². The number of amides is 2. The molecule has 0 aliphatic carbocycles. The van der Waals surface area contributed by atoms with Crippen molar-refractivity contribution in [3.8, 4) is 0 Å². The maximum atomic E-state index is 11.1. The van der Waals surface area contributed by atoms with Crippen LogP contribution in [0.4, 0.5) is 0 Å². The van der Waals surface area contributed by atoms with Crippen LogP contribution >= 0.6 is 0 Å². The molecule has 0 radical (unpaired) electrons. The van der Waals surface area contributed by atoms with E-state index < -0.39 is 6.29 Å². The summed E-state index contributed by atoms with van der Waals surface area (Å²) in [7, 11) is 1.55. The van der Waals surface area contributed by atoms with Crippen molar-refractivity contribution in [1.29, 1.82) is 0 Å². The Kier molecular flexibility index (Phi) is 5.55. The predicted molar refractivity (Wildman–Crippen MR) is 65.8 cm³/mol. The molecule has 6 nitrogen and oxygen atoms in total. The number of carbonyl (C=O) groups excluding carboxylic acids is 2. The minimum absolute atomic E-state index is 0.0709. The second-order valence-electron chi connectivity index (χ2n) is 4.65. The molecule has 2 N–H and O–H groups in total. The summed E-state index contributed by atoms with van der Waals surface area (Å²) in [6, 6.07) is -0.202. The van der Waals surface area contributed by atoms with E-state index in [1.165, 1.54) is 13.8 Å². The third kappa shape index (κ3) is 4.27. The quantitative estimate of drug-likeness (QED) is 0.753. The summed E-state index contributed by atoms with van der Waals surface area (Å²) in [6.07, 6.45) is 0.978. The molecule has 6 heteroatoms. The van der Waals surface area contributed by atoms with Crippen LogP contribution in [0.2, 0.25) is 0 Å². The molecule has 18 heavy (non-hydrogen) atoms. The lowest BCUT2D eigenvalue weighted by Gasteiger charge is -2.38. The Bertz CT molecular complexity index is 308. The van der Waals surface area contributed by atoms with E-state index in [0.717, 1.165) is 12.8 Å². The van der Waals surface area contributed by atoms with Gasteiger partial charge in [-0.1, -0.05) is 0 Å². The lowest BCUT2D eigenvalue weighted by molar-refractivity contribution is -0.201. The summed E-state index contributed by atoms with van der Waals surface area (Å²) in [5.74, 6) is -0.178. The summed E-state index contributed by atoms with van der Waals surface area (Å²) in [4.78, 5) is 22.1. The first kappa shape index (κ1) is 14.9. The maximum Gasteiger partial charge on any atom is 0.217 e. The van der Waals surface area contributed by atoms with E-state index >= 15 is 0 Å². The standard InChI is InChI=1S/C12H22N2O4/c1-7(13-8(2)15)11-6-5-10(14-9(3)16)12(17-4)18-11/h7,10-12H,5-6H2,1-4H3,(H,13,15)(H,14,16)/t7-,10+,11-,12-/m0/s1. The summed E-state index contributed by atoms with van der Waals surface area (Å²) < 4.78 is 11.0. The van der Waals surface area contributed by atoms with Gasteiger partial charge in [-0.05, 0) is 19.8 Å². The second kappa shape index (κ2) is 6.70. The fraction of sp³-hybridized carbons (Fsp3) is 0.833. The van der Waals surface area contributed by atoms with Crippen LogP contribution < -0.4 is 10.6 Å². The van der Waals surface area contributed by atoms with Gasteiger partial charge in [0.2, 0.25) is 11.8 Å². The van der Waals surface area contributed by atoms with Crippen molar-refractivity contribution >= 4 is 11.8 Å². The molecule has 0 unspecified atom stereocenters. The molecule has 1 aliphatic heterocycles. The Hall–Kier alpha value is -1.14. The molecule has 1 heterocycles. The predicted octanol–water partition coefficient (Wildman–Crippen LogP) is 0.167. The third-order valence-corrected chi connectivity index (χ3v) is 3.01. The summed E-state index contributed by atoms with van der Waals surface area (Å²) in [6.45, 7) is 4.85. The zero-order valence-corrected chi connectivity index (χ0v) is 11.4. The van der Waals surface area contributed by atoms with Crippen molar-refractivity contribution in [1.82, 2.24) is 10.6 Å². The largest absolute Gasteiger partial charge is 0.354 e. The molecule has 0 aromatic rings. The highest BCUT2D eigenvalue weighted by molar-refractivity contribution is 5.73. The van der Waals surface area contributed by atoms with Gasteiger partial charge in [0.05, 0.1) is 18.2 Å². The van der Waals surface area contributed by atoms with E-state index in [2.05, 4.69) is 10.6 Å². The number of carbonyl (C=O) groups is 2. The molecule has 1 saturated heterocycles. The maximum absolute atomic E-state index is 11.1. The molecule has 104 valence electrons. The van der Waals surface area contributed by atoms with E-state index in [-0.39, 0.29) is 30.0 Å². The Morgan fingerprint density at radius 2 is 1.94 bits per heavy atom. The first-order chi connectivity index (χ1) is 8.43. The fourth-order valence-electron chi connectivity index (χ4n) is 2.22. The van der Waals surface area contributed by atoms with Gasteiger partial charge in [0.1, 0.15) is 0 Å². The number of hydrogen-bond acceptors (Lipinski definition) is 4. The second-order valence-corrected chi connectivity index (χ2v) is 4.65. The lowest BCUT2D eigenvalue weighted by Crippen LogP contribution is -2.54. The molecule has 4 atom stereocenters. The summed E-state index contributed by atoms with van der Waals surface area (Å²) in [5.41, 5.74) is 0. The molecular formula is C12H22N2O4. The van der Waals surface area contributed by atoms with Crippen LogP contribution in [0.15, 0.2) is 0 Å². The van der Waals surface area contributed by atoms with Crippen molar-refractivity contribution in [3.63, 3.8) is 0 Å². The number of ether oxygens (including phenoxy) is 2. The van der Waals surface area contributed by atoms with Gasteiger partial charge in [-0.15, -0.1) is 0 Å². The topological polar surface area (TPSA) is 76.7 Å². The molecule has 1 fully saturated rings. The number of nitrogens with one attached hydrogen (secondary N) is 2. The Morgan fingerprint density at radius 3 is 2.44 bits per heavy atom. The highest BCUT2D eigenvalue weighted by Crippen LogP contribution is 2.22. The molecule has 0 saturated carbocycles. The lowest BCUT2D eigenvalue weighted by atomic mass is 9.99. The van der Waals surface area contributed by atoms with Crippen LogP contribution in [-0.2, 0) is 19.1 Å². The Morgan fingerprint density at radius 1 is 1.28 bits per heavy atom. The zero-order chi connectivity index (χ0) is 13.7. The highest BCUT2D eigenvalue weighted by atomic mass is 16.7. The summed E-state index contributed by atoms with van der Waals surface area (Å²) >= 11 is 0. The first-order valence-corrected chi connectivity index (χ1v) is 6.16. The molecular weight excluding hydrogens is 236 g/mol. The molecule has 0 aromatic heterocycles. The zero-order valence-electron chi connectivity index (χ0n) is 11.4. The van der Waals surface area contributed by atoms with Crippen LogP contribution in [-0.4, -0.2) is 43.4 Å². The van der Waals surface area contributed by atoms with Crippen LogP contribution in [0.3, 0.4) is 0 Å². The molecule has 2 amide bonds. The van der Waals surface area contributed by atoms with E-state index in [1.54, 1.807) is 7.11 Å². The molecule has 0 spiro atoms. The Labute approximate surface area is 107 Å². The van der Waals surface area contributed by atoms with Crippen LogP contribution in [0.25, 0.3) is 0 Å². The van der Waals surface area contributed by atoms with Crippen LogP contribution in [0.5, 0.6) is 0 Å². The van der Waals surface area contributed by atoms with Crippen LogP contribution in [0.1, 0.15) is 33.6 Å². The van der Waals surface area contributed by atoms with E-state index in [4.69, 9.17) is 9.47 Å². The van der Waals surface area contributed by atoms with E-state index in [0.29, 0.717) is 0 Å². The highest BCUT2D eigenvalue weighted by Gasteiger charge is 2.34. The number of rotatable bonds is 4. The third-order valence-electron chi connectivity index (χ3n) is 3.01. The van der Waals surface area contributed by atoms with Gasteiger partial charge in [-0.3, -0.25) is 9.59 Å². The molecule has 0 bridgehead atoms. The van der Waals surface area contributed by atoms with Crippen molar-refractivity contribution in [3.05, 3.63) is 0 Å². The number of hydrogen-bond donors (Lipinski definition) is 2. The van der Waals surface area contributed by atoms with Crippen molar-refractivity contribution in [2.75, 3.05) is 7.11 Å².